The summed E-state index contributed by atoms with van der Waals surface area (Å²) in [5.41, 5.74) is 0.464. The summed E-state index contributed by atoms with van der Waals surface area (Å²) >= 11 is 0. The normalized spacial score (nSPS) is 23.7. The lowest BCUT2D eigenvalue weighted by molar-refractivity contribution is 0.0916. The number of hydrogen-bond acceptors (Lipinski definition) is 5. The van der Waals surface area contributed by atoms with Crippen molar-refractivity contribution < 1.29 is 13.2 Å². The molecule has 7 heteroatoms. The molecule has 1 atom stereocenters. The van der Waals surface area contributed by atoms with E-state index in [1.54, 1.807) is 25.4 Å². The van der Waals surface area contributed by atoms with Crippen LogP contribution in [0.1, 0.15) is 37.0 Å². The first-order chi connectivity index (χ1) is 9.85. The lowest BCUT2D eigenvalue weighted by Gasteiger charge is -2.24. The average Bonchev–Trinajstić information content (AvgIpc) is 2.70. The molecule has 1 aliphatic heterocycles. The van der Waals surface area contributed by atoms with Crippen molar-refractivity contribution in [3.8, 4) is 0 Å². The van der Waals surface area contributed by atoms with Gasteiger partial charge in [0.2, 0.25) is 0 Å². The molecule has 1 fully saturated rings. The molecule has 1 amide bonds. The van der Waals surface area contributed by atoms with E-state index in [4.69, 9.17) is 0 Å². The number of nitrogens with zero attached hydrogens (tertiary/aromatic N) is 1. The number of amides is 1. The Balaban J connectivity index is 2.14. The van der Waals surface area contributed by atoms with Crippen LogP contribution in [-0.4, -0.2) is 42.9 Å². The summed E-state index contributed by atoms with van der Waals surface area (Å²) in [6, 6.07) is 1.64. The molecular formula is C14H21N3O3S. The Morgan fingerprint density at radius 2 is 2.24 bits per heavy atom. The highest BCUT2D eigenvalue weighted by Gasteiger charge is 2.39. The maximum absolute atomic E-state index is 12.4. The van der Waals surface area contributed by atoms with E-state index in [0.717, 1.165) is 13.0 Å². The quantitative estimate of drug-likeness (QED) is 0.853. The fourth-order valence-electron chi connectivity index (χ4n) is 2.44. The minimum absolute atomic E-state index is 0.00541. The maximum Gasteiger partial charge on any atom is 0.253 e. The molecule has 1 aromatic heterocycles. The number of nitrogens with one attached hydrogen (secondary N) is 2. The van der Waals surface area contributed by atoms with Crippen molar-refractivity contribution in [1.82, 2.24) is 10.3 Å². The monoisotopic (exact) mass is 311 g/mol. The molecule has 1 aromatic rings. The first-order valence-corrected chi connectivity index (χ1v) is 8.88. The Bertz CT molecular complexity index is 630. The van der Waals surface area contributed by atoms with Crippen LogP contribution in [0.3, 0.4) is 0 Å². The van der Waals surface area contributed by atoms with Crippen LogP contribution in [0, 0.1) is 0 Å². The molecule has 2 rings (SSSR count). The Hall–Kier alpha value is -1.63. The number of hydrogen-bond donors (Lipinski definition) is 2. The van der Waals surface area contributed by atoms with Crippen LogP contribution in [0.25, 0.3) is 0 Å². The molecule has 116 valence electrons. The van der Waals surface area contributed by atoms with Crippen molar-refractivity contribution in [3.05, 3.63) is 24.0 Å². The van der Waals surface area contributed by atoms with Crippen LogP contribution in [0.2, 0.25) is 0 Å². The van der Waals surface area contributed by atoms with E-state index in [-0.39, 0.29) is 17.4 Å². The van der Waals surface area contributed by atoms with Gasteiger partial charge in [-0.05, 0) is 25.8 Å². The zero-order valence-corrected chi connectivity index (χ0v) is 13.2. The lowest BCUT2D eigenvalue weighted by atomic mass is 10.0. The first kappa shape index (κ1) is 15.8. The summed E-state index contributed by atoms with van der Waals surface area (Å²) in [4.78, 5) is 16.4. The second-order valence-electron chi connectivity index (χ2n) is 5.70. The Kier molecular flexibility index (Phi) is 4.51. The predicted molar refractivity (Wildman–Crippen MR) is 82.2 cm³/mol. The molecule has 0 saturated carbocycles. The largest absolute Gasteiger partial charge is 0.383 e. The lowest BCUT2D eigenvalue weighted by Crippen LogP contribution is -2.47. The third-order valence-electron chi connectivity index (χ3n) is 3.55. The summed E-state index contributed by atoms with van der Waals surface area (Å²) in [6.07, 6.45) is 4.55. The Labute approximate surface area is 125 Å². The van der Waals surface area contributed by atoms with Crippen LogP contribution < -0.4 is 10.6 Å². The number of sulfone groups is 1. The highest BCUT2D eigenvalue weighted by Crippen LogP contribution is 2.24. The standard InChI is InChI=1S/C14H21N3O3S/c1-3-6-16-12-9-15-7-4-11(12)13(18)17-14(2)5-8-21(19,20)10-14/h4,7,9,16H,3,5-6,8,10H2,1-2H3,(H,17,18). The van der Waals surface area contributed by atoms with Crippen molar-refractivity contribution in [2.24, 2.45) is 0 Å². The second kappa shape index (κ2) is 6.01. The molecule has 0 aliphatic carbocycles. The second-order valence-corrected chi connectivity index (χ2v) is 7.89. The van der Waals surface area contributed by atoms with Gasteiger partial charge in [-0.15, -0.1) is 0 Å². The van der Waals surface area contributed by atoms with Gasteiger partial charge in [-0.25, -0.2) is 8.42 Å². The minimum Gasteiger partial charge on any atom is -0.383 e. The van der Waals surface area contributed by atoms with Gasteiger partial charge in [0.25, 0.3) is 5.91 Å². The van der Waals surface area contributed by atoms with E-state index in [0.29, 0.717) is 17.7 Å². The van der Waals surface area contributed by atoms with E-state index in [1.165, 1.54) is 0 Å². The van der Waals surface area contributed by atoms with E-state index in [2.05, 4.69) is 15.6 Å². The van der Waals surface area contributed by atoms with Gasteiger partial charge in [0, 0.05) is 12.7 Å². The van der Waals surface area contributed by atoms with Crippen LogP contribution in [0.4, 0.5) is 5.69 Å². The smallest absolute Gasteiger partial charge is 0.253 e. The third-order valence-corrected chi connectivity index (χ3v) is 5.45. The highest BCUT2D eigenvalue weighted by molar-refractivity contribution is 7.91. The molecule has 2 N–H and O–H groups in total. The van der Waals surface area contributed by atoms with Gasteiger partial charge in [0.1, 0.15) is 0 Å². The van der Waals surface area contributed by atoms with Crippen LogP contribution in [-0.2, 0) is 9.84 Å². The molecule has 0 spiro atoms. The van der Waals surface area contributed by atoms with E-state index in [1.807, 2.05) is 6.92 Å². The van der Waals surface area contributed by atoms with Gasteiger partial charge < -0.3 is 10.6 Å². The summed E-state index contributed by atoms with van der Waals surface area (Å²) in [7, 11) is -3.05. The fourth-order valence-corrected chi connectivity index (χ4v) is 4.54. The molecule has 6 nitrogen and oxygen atoms in total. The van der Waals surface area contributed by atoms with Gasteiger partial charge in [-0.1, -0.05) is 6.92 Å². The highest BCUT2D eigenvalue weighted by atomic mass is 32.2. The number of pyridine rings is 1. The maximum atomic E-state index is 12.4. The predicted octanol–water partition coefficient (Wildman–Crippen LogP) is 1.21. The van der Waals surface area contributed by atoms with Gasteiger partial charge in [-0.3, -0.25) is 9.78 Å². The average molecular weight is 311 g/mol. The van der Waals surface area contributed by atoms with Crippen LogP contribution >= 0.6 is 0 Å². The summed E-state index contributed by atoms with van der Waals surface area (Å²) in [5, 5.41) is 6.01. The van der Waals surface area contributed by atoms with Crippen molar-refractivity contribution in [2.45, 2.75) is 32.2 Å². The van der Waals surface area contributed by atoms with Gasteiger partial charge in [0.15, 0.2) is 9.84 Å². The van der Waals surface area contributed by atoms with E-state index >= 15 is 0 Å². The molecule has 0 aromatic carbocycles. The number of carbonyl (C=O) groups is 1. The van der Waals surface area contributed by atoms with Gasteiger partial charge in [0.05, 0.1) is 34.5 Å². The third kappa shape index (κ3) is 3.93. The first-order valence-electron chi connectivity index (χ1n) is 7.06. The molecule has 1 unspecified atom stereocenters. The zero-order chi connectivity index (χ0) is 15.5. The van der Waals surface area contributed by atoms with E-state index in [9.17, 15) is 13.2 Å². The topological polar surface area (TPSA) is 88.2 Å². The molecule has 0 radical (unpaired) electrons. The molecule has 21 heavy (non-hydrogen) atoms. The van der Waals surface area contributed by atoms with Gasteiger partial charge in [-0.2, -0.15) is 0 Å². The number of rotatable bonds is 5. The molecule has 2 heterocycles. The van der Waals surface area contributed by atoms with Crippen molar-refractivity contribution in [2.75, 3.05) is 23.4 Å². The SMILES string of the molecule is CCCNc1cnccc1C(=O)NC1(C)CCS(=O)(=O)C1. The number of aromatic nitrogens is 1. The van der Waals surface area contributed by atoms with Crippen molar-refractivity contribution >= 4 is 21.4 Å². The molecule has 0 bridgehead atoms. The van der Waals surface area contributed by atoms with Crippen LogP contribution in [0.15, 0.2) is 18.5 Å². The summed E-state index contributed by atoms with van der Waals surface area (Å²) in [5.74, 6) is -0.147. The fraction of sp³-hybridized carbons (Fsp3) is 0.571. The zero-order valence-electron chi connectivity index (χ0n) is 12.3. The minimum atomic E-state index is -3.05. The molecule has 1 saturated heterocycles. The van der Waals surface area contributed by atoms with Crippen molar-refractivity contribution in [1.29, 1.82) is 0 Å². The van der Waals surface area contributed by atoms with Gasteiger partial charge >= 0.3 is 0 Å². The summed E-state index contributed by atoms with van der Waals surface area (Å²) < 4.78 is 23.2. The number of carbonyl (C=O) groups excluding carboxylic acids is 1. The molecule has 1 aliphatic rings. The number of anilines is 1. The van der Waals surface area contributed by atoms with Crippen LogP contribution in [0.5, 0.6) is 0 Å². The molecular weight excluding hydrogens is 290 g/mol. The van der Waals surface area contributed by atoms with Crippen molar-refractivity contribution in [3.63, 3.8) is 0 Å². The summed E-state index contributed by atoms with van der Waals surface area (Å²) in [6.45, 7) is 4.56. The van der Waals surface area contributed by atoms with E-state index < -0.39 is 15.4 Å². The Morgan fingerprint density at radius 1 is 1.48 bits per heavy atom. The Morgan fingerprint density at radius 3 is 2.86 bits per heavy atom.